The van der Waals surface area contributed by atoms with Crippen LogP contribution in [-0.2, 0) is 11.2 Å². The molecule has 0 aromatic heterocycles. The molecule has 1 N–H and O–H groups in total. The van der Waals surface area contributed by atoms with Crippen molar-refractivity contribution >= 4 is 0 Å². The molecule has 2 rings (SSSR count). The monoisotopic (exact) mass is 277 g/mol. The van der Waals surface area contributed by atoms with Gasteiger partial charge in [0.2, 0.25) is 0 Å². The molecule has 1 aromatic rings. The van der Waals surface area contributed by atoms with Gasteiger partial charge in [-0.25, -0.2) is 0 Å². The summed E-state index contributed by atoms with van der Waals surface area (Å²) < 4.78 is 10.8. The maximum absolute atomic E-state index is 5.43. The van der Waals surface area contributed by atoms with Crippen LogP contribution in [0.1, 0.15) is 38.2 Å². The molecule has 1 saturated carbocycles. The smallest absolute Gasteiger partial charge is 0.122 e. The number of hydrogen-bond acceptors (Lipinski definition) is 3. The summed E-state index contributed by atoms with van der Waals surface area (Å²) in [6.45, 7) is 2.26. The molecule has 0 bridgehead atoms. The second-order valence-electron chi connectivity index (χ2n) is 5.79. The topological polar surface area (TPSA) is 30.5 Å². The van der Waals surface area contributed by atoms with Crippen LogP contribution < -0.4 is 10.1 Å². The molecule has 1 aliphatic carbocycles. The fourth-order valence-electron chi connectivity index (χ4n) is 3.13. The number of hydrogen-bond donors (Lipinski definition) is 1. The summed E-state index contributed by atoms with van der Waals surface area (Å²) in [6.07, 6.45) is 6.26. The van der Waals surface area contributed by atoms with Crippen LogP contribution in [-0.4, -0.2) is 32.4 Å². The van der Waals surface area contributed by atoms with Gasteiger partial charge in [0.15, 0.2) is 0 Å². The minimum absolute atomic E-state index is 0.468. The highest BCUT2D eigenvalue weighted by Crippen LogP contribution is 2.22. The van der Waals surface area contributed by atoms with Crippen LogP contribution in [0, 0.1) is 0 Å². The lowest BCUT2D eigenvalue weighted by Crippen LogP contribution is -2.41. The second kappa shape index (κ2) is 7.65. The summed E-state index contributed by atoms with van der Waals surface area (Å²) in [7, 11) is 3.56. The molecular formula is C17H27NO2. The molecule has 0 saturated heterocycles. The summed E-state index contributed by atoms with van der Waals surface area (Å²) in [6, 6.07) is 9.38. The summed E-state index contributed by atoms with van der Waals surface area (Å²) in [4.78, 5) is 0. The predicted molar refractivity (Wildman–Crippen MR) is 82.3 cm³/mol. The molecule has 3 heteroatoms. The van der Waals surface area contributed by atoms with E-state index in [9.17, 15) is 0 Å². The van der Waals surface area contributed by atoms with Crippen molar-refractivity contribution in [3.05, 3.63) is 29.8 Å². The van der Waals surface area contributed by atoms with Gasteiger partial charge in [0, 0.05) is 19.2 Å². The van der Waals surface area contributed by atoms with Crippen LogP contribution >= 0.6 is 0 Å². The van der Waals surface area contributed by atoms with E-state index in [-0.39, 0.29) is 0 Å². The average Bonchev–Trinajstić information content (AvgIpc) is 2.48. The predicted octanol–water partition coefficient (Wildman–Crippen LogP) is 3.17. The van der Waals surface area contributed by atoms with Gasteiger partial charge in [-0.2, -0.15) is 0 Å². The quantitative estimate of drug-likeness (QED) is 0.866. The molecule has 1 aromatic carbocycles. The van der Waals surface area contributed by atoms with Crippen molar-refractivity contribution in [1.82, 2.24) is 5.32 Å². The minimum Gasteiger partial charge on any atom is -0.496 e. The molecule has 0 heterocycles. The van der Waals surface area contributed by atoms with Crippen LogP contribution in [0.4, 0.5) is 0 Å². The minimum atomic E-state index is 0.468. The number of para-hydroxylation sites is 1. The lowest BCUT2D eigenvalue weighted by Gasteiger charge is -2.30. The molecule has 0 spiro atoms. The maximum Gasteiger partial charge on any atom is 0.122 e. The molecule has 1 atom stereocenters. The Morgan fingerprint density at radius 3 is 2.50 bits per heavy atom. The van der Waals surface area contributed by atoms with Crippen LogP contribution in [0.3, 0.4) is 0 Å². The van der Waals surface area contributed by atoms with Crippen molar-refractivity contribution in [2.75, 3.05) is 14.2 Å². The van der Waals surface area contributed by atoms with Crippen LogP contribution in [0.5, 0.6) is 5.75 Å². The number of methoxy groups -OCH3 is 2. The SMILES string of the molecule is COc1ccccc1CC(C)NC1CCC(OC)CC1. The van der Waals surface area contributed by atoms with Gasteiger partial charge in [-0.3, -0.25) is 0 Å². The summed E-state index contributed by atoms with van der Waals surface area (Å²) >= 11 is 0. The second-order valence-corrected chi connectivity index (χ2v) is 5.79. The van der Waals surface area contributed by atoms with E-state index in [0.717, 1.165) is 12.2 Å². The van der Waals surface area contributed by atoms with E-state index in [1.165, 1.54) is 31.2 Å². The third-order valence-corrected chi connectivity index (χ3v) is 4.25. The number of ether oxygens (including phenoxy) is 2. The van der Waals surface area contributed by atoms with Crippen molar-refractivity contribution in [3.8, 4) is 5.75 Å². The van der Waals surface area contributed by atoms with Crippen LogP contribution in [0.15, 0.2) is 24.3 Å². The Morgan fingerprint density at radius 2 is 1.85 bits per heavy atom. The van der Waals surface area contributed by atoms with Gasteiger partial charge >= 0.3 is 0 Å². The van der Waals surface area contributed by atoms with Gasteiger partial charge in [-0.1, -0.05) is 18.2 Å². The van der Waals surface area contributed by atoms with Gasteiger partial charge in [0.1, 0.15) is 5.75 Å². The number of rotatable bonds is 6. The van der Waals surface area contributed by atoms with E-state index >= 15 is 0 Å². The highest BCUT2D eigenvalue weighted by atomic mass is 16.5. The largest absolute Gasteiger partial charge is 0.496 e. The van der Waals surface area contributed by atoms with E-state index in [1.54, 1.807) is 7.11 Å². The molecule has 0 aliphatic heterocycles. The zero-order valence-corrected chi connectivity index (χ0v) is 12.9. The first-order chi connectivity index (χ1) is 9.72. The van der Waals surface area contributed by atoms with E-state index in [4.69, 9.17) is 9.47 Å². The first kappa shape index (κ1) is 15.3. The summed E-state index contributed by atoms with van der Waals surface area (Å²) in [5.41, 5.74) is 1.28. The Morgan fingerprint density at radius 1 is 1.15 bits per heavy atom. The fraction of sp³-hybridized carbons (Fsp3) is 0.647. The highest BCUT2D eigenvalue weighted by Gasteiger charge is 2.22. The Bertz CT molecular complexity index is 400. The lowest BCUT2D eigenvalue weighted by molar-refractivity contribution is 0.0614. The molecule has 3 nitrogen and oxygen atoms in total. The highest BCUT2D eigenvalue weighted by molar-refractivity contribution is 5.33. The summed E-state index contributed by atoms with van der Waals surface area (Å²) in [5, 5.41) is 3.75. The van der Waals surface area contributed by atoms with E-state index in [1.807, 2.05) is 19.2 Å². The molecule has 1 aliphatic rings. The molecule has 1 fully saturated rings. The van der Waals surface area contributed by atoms with Crippen molar-refractivity contribution in [3.63, 3.8) is 0 Å². The zero-order chi connectivity index (χ0) is 14.4. The van der Waals surface area contributed by atoms with E-state index in [2.05, 4.69) is 24.4 Å². The van der Waals surface area contributed by atoms with Gasteiger partial charge < -0.3 is 14.8 Å². The van der Waals surface area contributed by atoms with Crippen LogP contribution in [0.25, 0.3) is 0 Å². The van der Waals surface area contributed by atoms with Gasteiger partial charge in [0.05, 0.1) is 13.2 Å². The van der Waals surface area contributed by atoms with E-state index < -0.39 is 0 Å². The summed E-state index contributed by atoms with van der Waals surface area (Å²) in [5.74, 6) is 0.990. The molecule has 0 radical (unpaired) electrons. The molecule has 0 amide bonds. The lowest BCUT2D eigenvalue weighted by atomic mass is 9.92. The standard InChI is InChI=1S/C17H27NO2/c1-13(12-14-6-4-5-7-17(14)20-3)18-15-8-10-16(19-2)11-9-15/h4-7,13,15-16,18H,8-12H2,1-3H3. The van der Waals surface area contributed by atoms with Crippen molar-refractivity contribution in [2.45, 2.75) is 57.2 Å². The Hall–Kier alpha value is -1.06. The van der Waals surface area contributed by atoms with E-state index in [0.29, 0.717) is 18.2 Å². The fourth-order valence-corrected chi connectivity index (χ4v) is 3.13. The maximum atomic E-state index is 5.43. The zero-order valence-electron chi connectivity index (χ0n) is 12.9. The van der Waals surface area contributed by atoms with Crippen molar-refractivity contribution in [2.24, 2.45) is 0 Å². The van der Waals surface area contributed by atoms with Gasteiger partial charge in [0.25, 0.3) is 0 Å². The van der Waals surface area contributed by atoms with Gasteiger partial charge in [-0.15, -0.1) is 0 Å². The van der Waals surface area contributed by atoms with Gasteiger partial charge in [-0.05, 0) is 50.7 Å². The average molecular weight is 277 g/mol. The first-order valence-corrected chi connectivity index (χ1v) is 7.63. The third kappa shape index (κ3) is 4.22. The normalized spacial score (nSPS) is 24.4. The molecular weight excluding hydrogens is 250 g/mol. The van der Waals surface area contributed by atoms with Crippen molar-refractivity contribution < 1.29 is 9.47 Å². The molecule has 1 unspecified atom stereocenters. The number of nitrogens with one attached hydrogen (secondary N) is 1. The number of benzene rings is 1. The molecule has 112 valence electrons. The van der Waals surface area contributed by atoms with Crippen LogP contribution in [0.2, 0.25) is 0 Å². The molecule has 20 heavy (non-hydrogen) atoms. The Kier molecular flexibility index (Phi) is 5.86. The Labute approximate surface area is 122 Å². The first-order valence-electron chi connectivity index (χ1n) is 7.63. The third-order valence-electron chi connectivity index (χ3n) is 4.25. The Balaban J connectivity index is 1.82. The van der Waals surface area contributed by atoms with Crippen molar-refractivity contribution in [1.29, 1.82) is 0 Å².